The summed E-state index contributed by atoms with van der Waals surface area (Å²) >= 11 is 0. The molecule has 0 aliphatic heterocycles. The lowest BCUT2D eigenvalue weighted by atomic mass is 10.3. The van der Waals surface area contributed by atoms with E-state index < -0.39 is 0 Å². The van der Waals surface area contributed by atoms with Crippen molar-refractivity contribution < 1.29 is 4.79 Å². The van der Waals surface area contributed by atoms with Crippen molar-refractivity contribution >= 4 is 22.9 Å². The Morgan fingerprint density at radius 1 is 1.04 bits per heavy atom. The molecule has 0 saturated heterocycles. The minimum Gasteiger partial charge on any atom is -0.294 e. The number of carbonyl (C=O) groups is 1. The zero-order valence-electron chi connectivity index (χ0n) is 14.7. The molecule has 0 aliphatic rings. The van der Waals surface area contributed by atoms with Gasteiger partial charge >= 0.3 is 0 Å². The molecule has 0 radical (unpaired) electrons. The van der Waals surface area contributed by atoms with E-state index in [1.54, 1.807) is 4.68 Å². The molecule has 0 aliphatic carbocycles. The molecule has 1 N–H and O–H groups in total. The second-order valence-corrected chi connectivity index (χ2v) is 6.23. The van der Waals surface area contributed by atoms with E-state index in [0.717, 1.165) is 28.1 Å². The molecule has 1 amide bonds. The van der Waals surface area contributed by atoms with Crippen LogP contribution in [0.25, 0.3) is 16.7 Å². The molecule has 2 aromatic heterocycles. The largest absolute Gasteiger partial charge is 0.294 e. The first-order valence-electron chi connectivity index (χ1n) is 8.45. The molecular weight excluding hydrogens is 326 g/mol. The van der Waals surface area contributed by atoms with Crippen LogP contribution in [0, 0.1) is 13.8 Å². The number of aromatic nitrogens is 4. The molecule has 0 bridgehead atoms. The van der Waals surface area contributed by atoms with Crippen molar-refractivity contribution in [3.8, 4) is 5.69 Å². The van der Waals surface area contributed by atoms with Crippen molar-refractivity contribution in [1.29, 1.82) is 0 Å². The summed E-state index contributed by atoms with van der Waals surface area (Å²) in [5, 5.41) is 7.28. The van der Waals surface area contributed by atoms with Crippen LogP contribution >= 0.6 is 0 Å². The van der Waals surface area contributed by atoms with Crippen LogP contribution in [0.1, 0.15) is 11.4 Å². The predicted octanol–water partition coefficient (Wildman–Crippen LogP) is 3.48. The summed E-state index contributed by atoms with van der Waals surface area (Å²) in [6.07, 6.45) is 0. The molecule has 2 heterocycles. The van der Waals surface area contributed by atoms with E-state index in [1.807, 2.05) is 79.1 Å². The first-order valence-corrected chi connectivity index (χ1v) is 8.45. The number of nitrogens with zero attached hydrogens (tertiary/aromatic N) is 4. The van der Waals surface area contributed by atoms with Gasteiger partial charge < -0.3 is 0 Å². The third kappa shape index (κ3) is 2.97. The average Bonchev–Trinajstić information content (AvgIpc) is 3.14. The van der Waals surface area contributed by atoms with Crippen LogP contribution in [-0.4, -0.2) is 25.2 Å². The van der Waals surface area contributed by atoms with E-state index in [0.29, 0.717) is 5.95 Å². The van der Waals surface area contributed by atoms with Gasteiger partial charge in [0, 0.05) is 11.4 Å². The van der Waals surface area contributed by atoms with Crippen LogP contribution in [0.3, 0.4) is 0 Å². The molecule has 0 unspecified atom stereocenters. The fraction of sp³-hybridized carbons (Fsp3) is 0.150. The van der Waals surface area contributed by atoms with E-state index in [-0.39, 0.29) is 12.5 Å². The number of hydrogen-bond donors (Lipinski definition) is 1. The first-order chi connectivity index (χ1) is 12.6. The maximum atomic E-state index is 12.6. The number of imidazole rings is 1. The molecule has 26 heavy (non-hydrogen) atoms. The van der Waals surface area contributed by atoms with E-state index in [2.05, 4.69) is 15.4 Å². The Morgan fingerprint density at radius 2 is 1.77 bits per heavy atom. The van der Waals surface area contributed by atoms with Crippen LogP contribution in [-0.2, 0) is 11.3 Å². The van der Waals surface area contributed by atoms with Gasteiger partial charge in [-0.1, -0.05) is 30.3 Å². The van der Waals surface area contributed by atoms with Gasteiger partial charge in [0.1, 0.15) is 6.54 Å². The highest BCUT2D eigenvalue weighted by Gasteiger charge is 2.15. The number of amides is 1. The summed E-state index contributed by atoms with van der Waals surface area (Å²) in [6, 6.07) is 19.7. The summed E-state index contributed by atoms with van der Waals surface area (Å²) in [5.41, 5.74) is 4.57. The van der Waals surface area contributed by atoms with Crippen LogP contribution in [0.2, 0.25) is 0 Å². The highest BCUT2D eigenvalue weighted by molar-refractivity contribution is 5.92. The lowest BCUT2D eigenvalue weighted by Crippen LogP contribution is -2.22. The summed E-state index contributed by atoms with van der Waals surface area (Å²) in [7, 11) is 0. The zero-order valence-corrected chi connectivity index (χ0v) is 14.7. The van der Waals surface area contributed by atoms with Crippen molar-refractivity contribution in [2.24, 2.45) is 0 Å². The van der Waals surface area contributed by atoms with Gasteiger partial charge in [-0.3, -0.25) is 19.4 Å². The summed E-state index contributed by atoms with van der Waals surface area (Å²) in [4.78, 5) is 17.2. The van der Waals surface area contributed by atoms with Gasteiger partial charge in [-0.25, -0.2) is 4.98 Å². The Balaban J connectivity index is 1.70. The normalized spacial score (nSPS) is 11.0. The summed E-state index contributed by atoms with van der Waals surface area (Å²) in [5.74, 6) is 0.340. The number of nitrogens with one attached hydrogen (secondary N) is 1. The van der Waals surface area contributed by atoms with Crippen LogP contribution < -0.4 is 5.32 Å². The maximum absolute atomic E-state index is 12.6. The van der Waals surface area contributed by atoms with Gasteiger partial charge in [0.05, 0.1) is 16.7 Å². The number of hydrogen-bond acceptors (Lipinski definition) is 3. The topological polar surface area (TPSA) is 64.7 Å². The van der Waals surface area contributed by atoms with Gasteiger partial charge in [0.25, 0.3) is 0 Å². The minimum atomic E-state index is -0.163. The van der Waals surface area contributed by atoms with Gasteiger partial charge in [-0.05, 0) is 44.2 Å². The van der Waals surface area contributed by atoms with Gasteiger partial charge in [0.15, 0.2) is 0 Å². The fourth-order valence-corrected chi connectivity index (χ4v) is 3.08. The third-order valence-corrected chi connectivity index (χ3v) is 4.22. The Morgan fingerprint density at radius 3 is 2.50 bits per heavy atom. The van der Waals surface area contributed by atoms with Gasteiger partial charge in [-0.2, -0.15) is 5.10 Å². The van der Waals surface area contributed by atoms with Crippen molar-refractivity contribution in [2.75, 3.05) is 5.32 Å². The lowest BCUT2D eigenvalue weighted by molar-refractivity contribution is -0.117. The molecule has 2 aromatic carbocycles. The molecule has 0 spiro atoms. The molecule has 0 fully saturated rings. The predicted molar refractivity (Wildman–Crippen MR) is 101 cm³/mol. The summed E-state index contributed by atoms with van der Waals surface area (Å²) < 4.78 is 3.65. The molecule has 0 atom stereocenters. The van der Waals surface area contributed by atoms with Gasteiger partial charge in [0.2, 0.25) is 11.9 Å². The van der Waals surface area contributed by atoms with Gasteiger partial charge in [-0.15, -0.1) is 0 Å². The monoisotopic (exact) mass is 345 g/mol. The first kappa shape index (κ1) is 16.1. The molecule has 0 saturated carbocycles. The quantitative estimate of drug-likeness (QED) is 0.616. The van der Waals surface area contributed by atoms with Crippen molar-refractivity contribution in [3.05, 3.63) is 72.1 Å². The Kier molecular flexibility index (Phi) is 4.01. The third-order valence-electron chi connectivity index (χ3n) is 4.22. The SMILES string of the molecule is Cc1cc(C)n(CC(=O)Nc2nc3ccccc3n2-c2ccccc2)n1. The molecule has 6 heteroatoms. The number of carbonyl (C=O) groups excluding carboxylic acids is 1. The van der Waals surface area contributed by atoms with E-state index >= 15 is 0 Å². The smallest absolute Gasteiger partial charge is 0.248 e. The number of fused-ring (bicyclic) bond motifs is 1. The van der Waals surface area contributed by atoms with Crippen molar-refractivity contribution in [1.82, 2.24) is 19.3 Å². The zero-order chi connectivity index (χ0) is 18.1. The number of anilines is 1. The lowest BCUT2D eigenvalue weighted by Gasteiger charge is -2.10. The fourth-order valence-electron chi connectivity index (χ4n) is 3.08. The Bertz CT molecular complexity index is 1080. The second kappa shape index (κ2) is 6.48. The minimum absolute atomic E-state index is 0.150. The molecule has 4 rings (SSSR count). The van der Waals surface area contributed by atoms with E-state index in [9.17, 15) is 4.79 Å². The summed E-state index contributed by atoms with van der Waals surface area (Å²) in [6.45, 7) is 4.00. The standard InChI is InChI=1S/C20H19N5O/c1-14-12-15(2)24(23-14)13-19(26)22-20-21-17-10-6-7-11-18(17)25(20)16-8-4-3-5-9-16/h3-12H,13H2,1-2H3,(H,21,22,26). The van der Waals surface area contributed by atoms with Crippen LogP contribution in [0.4, 0.5) is 5.95 Å². The van der Waals surface area contributed by atoms with E-state index in [4.69, 9.17) is 0 Å². The van der Waals surface area contributed by atoms with E-state index in [1.165, 1.54) is 0 Å². The number of para-hydroxylation sites is 3. The average molecular weight is 345 g/mol. The Labute approximate surface area is 151 Å². The number of rotatable bonds is 4. The number of aryl methyl sites for hydroxylation is 2. The van der Waals surface area contributed by atoms with Crippen LogP contribution in [0.15, 0.2) is 60.7 Å². The second-order valence-electron chi connectivity index (χ2n) is 6.23. The van der Waals surface area contributed by atoms with Crippen molar-refractivity contribution in [3.63, 3.8) is 0 Å². The molecule has 6 nitrogen and oxygen atoms in total. The molecular formula is C20H19N5O. The number of benzene rings is 2. The Hall–Kier alpha value is -3.41. The molecule has 4 aromatic rings. The van der Waals surface area contributed by atoms with Crippen molar-refractivity contribution in [2.45, 2.75) is 20.4 Å². The maximum Gasteiger partial charge on any atom is 0.248 e. The van der Waals surface area contributed by atoms with Crippen LogP contribution in [0.5, 0.6) is 0 Å². The highest BCUT2D eigenvalue weighted by atomic mass is 16.2. The highest BCUT2D eigenvalue weighted by Crippen LogP contribution is 2.24. The molecule has 130 valence electrons.